The molecule has 1 N–H and O–H groups in total. The molecule has 1 saturated carbocycles. The Kier molecular flexibility index (Phi) is 4.54. The van der Waals surface area contributed by atoms with Crippen molar-refractivity contribution in [2.24, 2.45) is 11.8 Å². The highest BCUT2D eigenvalue weighted by Crippen LogP contribution is 2.28. The summed E-state index contributed by atoms with van der Waals surface area (Å²) in [7, 11) is 0. The number of aryl methyl sites for hydroxylation is 1. The van der Waals surface area contributed by atoms with Crippen molar-refractivity contribution in [2.45, 2.75) is 52.6 Å². The Morgan fingerprint density at radius 2 is 2.24 bits per heavy atom. The molecule has 0 radical (unpaired) electrons. The standard InChI is InChI=1S/C13H24N4/c1-3-17-13(15-10-16-17)9-14-8-12-7-5-4-6-11(12)2/h10-12,14H,3-9H2,1-2H3. The van der Waals surface area contributed by atoms with Crippen LogP contribution in [-0.2, 0) is 13.1 Å². The molecule has 1 aliphatic carbocycles. The van der Waals surface area contributed by atoms with Crippen molar-refractivity contribution in [3.63, 3.8) is 0 Å². The molecule has 1 fully saturated rings. The average molecular weight is 236 g/mol. The molecule has 1 aromatic rings. The third kappa shape index (κ3) is 3.28. The third-order valence-corrected chi connectivity index (χ3v) is 3.97. The molecule has 1 aliphatic rings. The van der Waals surface area contributed by atoms with E-state index >= 15 is 0 Å². The maximum absolute atomic E-state index is 4.28. The predicted octanol–water partition coefficient (Wildman–Crippen LogP) is 2.21. The highest BCUT2D eigenvalue weighted by Gasteiger charge is 2.20. The summed E-state index contributed by atoms with van der Waals surface area (Å²) in [5.74, 6) is 2.78. The van der Waals surface area contributed by atoms with E-state index in [0.29, 0.717) is 0 Å². The molecular formula is C13H24N4. The Morgan fingerprint density at radius 1 is 1.41 bits per heavy atom. The van der Waals surface area contributed by atoms with Gasteiger partial charge in [-0.3, -0.25) is 0 Å². The van der Waals surface area contributed by atoms with Gasteiger partial charge >= 0.3 is 0 Å². The lowest BCUT2D eigenvalue weighted by atomic mass is 9.80. The second-order valence-corrected chi connectivity index (χ2v) is 5.14. The zero-order valence-corrected chi connectivity index (χ0v) is 11.0. The lowest BCUT2D eigenvalue weighted by Gasteiger charge is -2.28. The predicted molar refractivity (Wildman–Crippen MR) is 68.5 cm³/mol. The summed E-state index contributed by atoms with van der Waals surface area (Å²) in [4.78, 5) is 4.28. The first-order valence-electron chi connectivity index (χ1n) is 6.88. The van der Waals surface area contributed by atoms with Crippen LogP contribution in [-0.4, -0.2) is 21.3 Å². The van der Waals surface area contributed by atoms with Crippen molar-refractivity contribution in [1.29, 1.82) is 0 Å². The fourth-order valence-electron chi connectivity index (χ4n) is 2.75. The quantitative estimate of drug-likeness (QED) is 0.852. The van der Waals surface area contributed by atoms with Gasteiger partial charge in [0.15, 0.2) is 0 Å². The maximum Gasteiger partial charge on any atom is 0.140 e. The molecule has 0 amide bonds. The molecule has 0 spiro atoms. The molecule has 2 rings (SSSR count). The van der Waals surface area contributed by atoms with Crippen LogP contribution in [0.5, 0.6) is 0 Å². The molecule has 2 unspecified atom stereocenters. The number of nitrogens with zero attached hydrogens (tertiary/aromatic N) is 3. The Labute approximate surface area is 104 Å². The highest BCUT2D eigenvalue weighted by molar-refractivity contribution is 4.84. The van der Waals surface area contributed by atoms with E-state index < -0.39 is 0 Å². The number of hydrogen-bond donors (Lipinski definition) is 1. The lowest BCUT2D eigenvalue weighted by Crippen LogP contribution is -2.29. The fourth-order valence-corrected chi connectivity index (χ4v) is 2.75. The van der Waals surface area contributed by atoms with Gasteiger partial charge < -0.3 is 5.32 Å². The smallest absolute Gasteiger partial charge is 0.140 e. The average Bonchev–Trinajstić information content (AvgIpc) is 2.79. The van der Waals surface area contributed by atoms with Crippen molar-refractivity contribution in [3.05, 3.63) is 12.2 Å². The SMILES string of the molecule is CCn1ncnc1CNCC1CCCCC1C. The van der Waals surface area contributed by atoms with E-state index in [2.05, 4.69) is 29.2 Å². The molecule has 0 aliphatic heterocycles. The van der Waals surface area contributed by atoms with Crippen molar-refractivity contribution in [3.8, 4) is 0 Å². The van der Waals surface area contributed by atoms with Crippen LogP contribution in [0, 0.1) is 11.8 Å². The first-order chi connectivity index (χ1) is 8.31. The van der Waals surface area contributed by atoms with Crippen LogP contribution in [0.2, 0.25) is 0 Å². The first kappa shape index (κ1) is 12.6. The van der Waals surface area contributed by atoms with E-state index in [1.165, 1.54) is 25.7 Å². The van der Waals surface area contributed by atoms with Gasteiger partial charge in [-0.15, -0.1) is 0 Å². The van der Waals surface area contributed by atoms with Crippen LogP contribution in [0.1, 0.15) is 45.4 Å². The summed E-state index contributed by atoms with van der Waals surface area (Å²) in [5, 5.41) is 7.72. The minimum absolute atomic E-state index is 0.844. The van der Waals surface area contributed by atoms with Crippen LogP contribution in [0.25, 0.3) is 0 Å². The van der Waals surface area contributed by atoms with E-state index in [9.17, 15) is 0 Å². The number of aromatic nitrogens is 3. The van der Waals surface area contributed by atoms with Gasteiger partial charge in [0.25, 0.3) is 0 Å². The molecule has 0 bridgehead atoms. The van der Waals surface area contributed by atoms with Crippen molar-refractivity contribution >= 4 is 0 Å². The number of hydrogen-bond acceptors (Lipinski definition) is 3. The molecular weight excluding hydrogens is 212 g/mol. The Morgan fingerprint density at radius 3 is 3.00 bits per heavy atom. The van der Waals surface area contributed by atoms with Crippen molar-refractivity contribution in [1.82, 2.24) is 20.1 Å². The van der Waals surface area contributed by atoms with Crippen LogP contribution in [0.15, 0.2) is 6.33 Å². The number of rotatable bonds is 5. The molecule has 17 heavy (non-hydrogen) atoms. The van der Waals surface area contributed by atoms with Crippen LogP contribution >= 0.6 is 0 Å². The van der Waals surface area contributed by atoms with E-state index in [4.69, 9.17) is 0 Å². The van der Waals surface area contributed by atoms with Gasteiger partial charge in [0.2, 0.25) is 0 Å². The molecule has 1 heterocycles. The van der Waals surface area contributed by atoms with Gasteiger partial charge in [0.1, 0.15) is 12.2 Å². The summed E-state index contributed by atoms with van der Waals surface area (Å²) < 4.78 is 1.96. The molecule has 96 valence electrons. The topological polar surface area (TPSA) is 42.7 Å². The molecule has 4 nitrogen and oxygen atoms in total. The van der Waals surface area contributed by atoms with E-state index in [0.717, 1.165) is 37.3 Å². The zero-order valence-electron chi connectivity index (χ0n) is 11.0. The van der Waals surface area contributed by atoms with Gasteiger partial charge in [0, 0.05) is 6.54 Å². The summed E-state index contributed by atoms with van der Waals surface area (Å²) in [6, 6.07) is 0. The summed E-state index contributed by atoms with van der Waals surface area (Å²) in [6.45, 7) is 7.35. The van der Waals surface area contributed by atoms with Crippen LogP contribution < -0.4 is 5.32 Å². The molecule has 2 atom stereocenters. The molecule has 0 aromatic carbocycles. The summed E-state index contributed by atoms with van der Waals surface area (Å²) >= 11 is 0. The largest absolute Gasteiger partial charge is 0.310 e. The van der Waals surface area contributed by atoms with Crippen molar-refractivity contribution < 1.29 is 0 Å². The monoisotopic (exact) mass is 236 g/mol. The van der Waals surface area contributed by atoms with Gasteiger partial charge in [-0.05, 0) is 31.7 Å². The summed E-state index contributed by atoms with van der Waals surface area (Å²) in [5.41, 5.74) is 0. The van der Waals surface area contributed by atoms with E-state index in [1.54, 1.807) is 6.33 Å². The van der Waals surface area contributed by atoms with Gasteiger partial charge in [-0.2, -0.15) is 5.10 Å². The minimum Gasteiger partial charge on any atom is -0.310 e. The first-order valence-corrected chi connectivity index (χ1v) is 6.88. The molecule has 0 saturated heterocycles. The van der Waals surface area contributed by atoms with Gasteiger partial charge in [-0.1, -0.05) is 26.2 Å². The van der Waals surface area contributed by atoms with E-state index in [1.807, 2.05) is 4.68 Å². The summed E-state index contributed by atoms with van der Waals surface area (Å²) in [6.07, 6.45) is 7.25. The fraction of sp³-hybridized carbons (Fsp3) is 0.846. The Balaban J connectivity index is 1.75. The zero-order chi connectivity index (χ0) is 12.1. The van der Waals surface area contributed by atoms with Gasteiger partial charge in [0.05, 0.1) is 6.54 Å². The molecule has 4 heteroatoms. The highest BCUT2D eigenvalue weighted by atomic mass is 15.3. The second-order valence-electron chi connectivity index (χ2n) is 5.14. The van der Waals surface area contributed by atoms with Gasteiger partial charge in [-0.25, -0.2) is 9.67 Å². The Hall–Kier alpha value is -0.900. The van der Waals surface area contributed by atoms with E-state index in [-0.39, 0.29) is 0 Å². The normalized spacial score (nSPS) is 25.1. The maximum atomic E-state index is 4.28. The van der Waals surface area contributed by atoms with Crippen molar-refractivity contribution in [2.75, 3.05) is 6.54 Å². The van der Waals surface area contributed by atoms with Crippen LogP contribution in [0.3, 0.4) is 0 Å². The Bertz CT molecular complexity index is 334. The third-order valence-electron chi connectivity index (χ3n) is 3.97. The minimum atomic E-state index is 0.844. The lowest BCUT2D eigenvalue weighted by molar-refractivity contribution is 0.247. The number of nitrogens with one attached hydrogen (secondary N) is 1. The van der Waals surface area contributed by atoms with Crippen LogP contribution in [0.4, 0.5) is 0 Å². The molecule has 1 aromatic heterocycles. The second kappa shape index (κ2) is 6.15.